The smallest absolute Gasteiger partial charge is 0.211 e. The van der Waals surface area contributed by atoms with Crippen LogP contribution in [-0.2, 0) is 14.8 Å². The van der Waals surface area contributed by atoms with E-state index in [1.807, 2.05) is 0 Å². The topological polar surface area (TPSA) is 69.4 Å². The Morgan fingerprint density at radius 2 is 1.93 bits per heavy atom. The molecule has 1 aliphatic heterocycles. The van der Waals surface area contributed by atoms with E-state index in [9.17, 15) is 8.42 Å². The third-order valence-corrected chi connectivity index (χ3v) is 4.45. The van der Waals surface area contributed by atoms with Gasteiger partial charge in [-0.1, -0.05) is 19.3 Å². The Morgan fingerprint density at radius 1 is 1.27 bits per heavy atom. The molecular weight excluding hydrogens is 214 g/mol. The maximum atomic E-state index is 11.0. The van der Waals surface area contributed by atoms with Crippen molar-refractivity contribution in [3.05, 3.63) is 0 Å². The molecule has 2 rings (SSSR count). The maximum absolute atomic E-state index is 11.0. The summed E-state index contributed by atoms with van der Waals surface area (Å²) in [5, 5.41) is 5.03. The van der Waals surface area contributed by atoms with Gasteiger partial charge in [0.2, 0.25) is 10.0 Å². The average molecular weight is 233 g/mol. The number of primary sulfonamides is 1. The highest BCUT2D eigenvalue weighted by atomic mass is 32.2. The van der Waals surface area contributed by atoms with Gasteiger partial charge in [-0.05, 0) is 24.7 Å². The van der Waals surface area contributed by atoms with Gasteiger partial charge in [0, 0.05) is 0 Å². The summed E-state index contributed by atoms with van der Waals surface area (Å²) in [7, 11) is -3.39. The Bertz CT molecular complexity index is 320. The van der Waals surface area contributed by atoms with E-state index in [-0.39, 0.29) is 17.3 Å². The molecule has 88 valence electrons. The second kappa shape index (κ2) is 4.03. The minimum atomic E-state index is -3.39. The first kappa shape index (κ1) is 11.4. The van der Waals surface area contributed by atoms with Crippen molar-refractivity contribution >= 4 is 10.0 Å². The van der Waals surface area contributed by atoms with Crippen LogP contribution < -0.4 is 5.14 Å². The molecular formula is C10H19NO3S. The predicted octanol–water partition coefficient (Wildman–Crippen LogP) is 1.01. The number of hydrogen-bond acceptors (Lipinski definition) is 3. The van der Waals surface area contributed by atoms with Crippen LogP contribution in [0.4, 0.5) is 0 Å². The number of ether oxygens (including phenoxy) is 1. The minimum absolute atomic E-state index is 0.0191. The number of nitrogens with two attached hydrogens (primary N) is 1. The molecule has 2 fully saturated rings. The van der Waals surface area contributed by atoms with Crippen LogP contribution in [0.2, 0.25) is 0 Å². The molecule has 2 N–H and O–H groups in total. The van der Waals surface area contributed by atoms with Crippen molar-refractivity contribution in [2.45, 2.75) is 44.6 Å². The Kier molecular flexibility index (Phi) is 3.05. The molecule has 0 bridgehead atoms. The van der Waals surface area contributed by atoms with Gasteiger partial charge < -0.3 is 4.74 Å². The molecule has 1 saturated carbocycles. The van der Waals surface area contributed by atoms with Gasteiger partial charge in [-0.25, -0.2) is 13.6 Å². The lowest BCUT2D eigenvalue weighted by Gasteiger charge is -2.31. The highest BCUT2D eigenvalue weighted by Gasteiger charge is 2.41. The summed E-state index contributed by atoms with van der Waals surface area (Å²) in [6, 6.07) is 0. The van der Waals surface area contributed by atoms with Crippen molar-refractivity contribution in [1.82, 2.24) is 0 Å². The predicted molar refractivity (Wildman–Crippen MR) is 57.8 cm³/mol. The zero-order chi connectivity index (χ0) is 10.9. The van der Waals surface area contributed by atoms with E-state index in [2.05, 4.69) is 0 Å². The Morgan fingerprint density at radius 3 is 2.53 bits per heavy atom. The van der Waals surface area contributed by atoms with Crippen LogP contribution in [-0.4, -0.2) is 26.9 Å². The lowest BCUT2D eigenvalue weighted by molar-refractivity contribution is 0.0937. The molecule has 1 saturated heterocycles. The highest BCUT2D eigenvalue weighted by Crippen LogP contribution is 2.45. The summed E-state index contributed by atoms with van der Waals surface area (Å²) in [4.78, 5) is 0. The Hall–Kier alpha value is -0.130. The van der Waals surface area contributed by atoms with Crippen LogP contribution in [0.25, 0.3) is 0 Å². The van der Waals surface area contributed by atoms with Crippen molar-refractivity contribution in [3.63, 3.8) is 0 Å². The summed E-state index contributed by atoms with van der Waals surface area (Å²) < 4.78 is 27.5. The fourth-order valence-corrected chi connectivity index (χ4v) is 3.64. The zero-order valence-electron chi connectivity index (χ0n) is 8.94. The Labute approximate surface area is 91.2 Å². The van der Waals surface area contributed by atoms with Crippen molar-refractivity contribution in [2.24, 2.45) is 10.6 Å². The average Bonchev–Trinajstić information content (AvgIpc) is 2.47. The van der Waals surface area contributed by atoms with Crippen molar-refractivity contribution in [2.75, 3.05) is 12.4 Å². The van der Waals surface area contributed by atoms with Gasteiger partial charge in [-0.3, -0.25) is 0 Å². The molecule has 5 heteroatoms. The van der Waals surface area contributed by atoms with E-state index in [1.54, 1.807) is 0 Å². The molecule has 0 aromatic rings. The first-order chi connectivity index (χ1) is 6.99. The lowest BCUT2D eigenvalue weighted by Crippen LogP contribution is -2.28. The maximum Gasteiger partial charge on any atom is 0.211 e. The first-order valence-electron chi connectivity index (χ1n) is 5.61. The summed E-state index contributed by atoms with van der Waals surface area (Å²) in [5.41, 5.74) is 0.271. The molecule has 0 aromatic carbocycles. The van der Waals surface area contributed by atoms with Crippen LogP contribution in [0, 0.1) is 5.41 Å². The molecule has 1 spiro atoms. The molecule has 4 nitrogen and oxygen atoms in total. The Balaban J connectivity index is 1.93. The van der Waals surface area contributed by atoms with Crippen molar-refractivity contribution in [3.8, 4) is 0 Å². The SMILES string of the molecule is NS(=O)(=O)CC1CC2(CCCCC2)CO1. The summed E-state index contributed by atoms with van der Waals surface area (Å²) in [5.74, 6) is -0.0191. The highest BCUT2D eigenvalue weighted by molar-refractivity contribution is 7.89. The van der Waals surface area contributed by atoms with E-state index < -0.39 is 10.0 Å². The van der Waals surface area contributed by atoms with Gasteiger partial charge in [-0.2, -0.15) is 0 Å². The number of sulfonamides is 1. The van der Waals surface area contributed by atoms with Gasteiger partial charge in [0.05, 0.1) is 18.5 Å². The second-order valence-electron chi connectivity index (χ2n) is 5.03. The molecule has 1 aliphatic carbocycles. The van der Waals surface area contributed by atoms with Crippen LogP contribution in [0.1, 0.15) is 38.5 Å². The van der Waals surface area contributed by atoms with Gasteiger partial charge >= 0.3 is 0 Å². The molecule has 0 aromatic heterocycles. The van der Waals surface area contributed by atoms with E-state index in [0.717, 1.165) is 13.0 Å². The fourth-order valence-electron chi connectivity index (χ4n) is 2.91. The molecule has 1 atom stereocenters. The van der Waals surface area contributed by atoms with Crippen LogP contribution in [0.5, 0.6) is 0 Å². The molecule has 2 aliphatic rings. The lowest BCUT2D eigenvalue weighted by atomic mass is 9.73. The van der Waals surface area contributed by atoms with E-state index in [4.69, 9.17) is 9.88 Å². The van der Waals surface area contributed by atoms with Crippen LogP contribution in [0.3, 0.4) is 0 Å². The van der Waals surface area contributed by atoms with E-state index >= 15 is 0 Å². The second-order valence-corrected chi connectivity index (χ2v) is 6.69. The largest absolute Gasteiger partial charge is 0.377 e. The quantitative estimate of drug-likeness (QED) is 0.774. The summed E-state index contributed by atoms with van der Waals surface area (Å²) in [6.07, 6.45) is 6.91. The van der Waals surface area contributed by atoms with Crippen LogP contribution >= 0.6 is 0 Å². The van der Waals surface area contributed by atoms with E-state index in [1.165, 1.54) is 32.1 Å². The minimum Gasteiger partial charge on any atom is -0.377 e. The standard InChI is InChI=1S/C10H19NO3S/c11-15(12,13)7-9-6-10(8-14-9)4-2-1-3-5-10/h9H,1-8H2,(H2,11,12,13). The third-order valence-electron chi connectivity index (χ3n) is 3.62. The molecule has 0 radical (unpaired) electrons. The fraction of sp³-hybridized carbons (Fsp3) is 1.00. The molecule has 1 heterocycles. The summed E-state index contributed by atoms with van der Waals surface area (Å²) in [6.45, 7) is 0.729. The zero-order valence-corrected chi connectivity index (χ0v) is 9.76. The van der Waals surface area contributed by atoms with Gasteiger partial charge in [0.15, 0.2) is 0 Å². The van der Waals surface area contributed by atoms with Gasteiger partial charge in [0.1, 0.15) is 0 Å². The summed E-state index contributed by atoms with van der Waals surface area (Å²) >= 11 is 0. The van der Waals surface area contributed by atoms with Crippen molar-refractivity contribution in [1.29, 1.82) is 0 Å². The van der Waals surface area contributed by atoms with Crippen LogP contribution in [0.15, 0.2) is 0 Å². The normalized spacial score (nSPS) is 30.9. The third kappa shape index (κ3) is 2.92. The monoisotopic (exact) mass is 233 g/mol. The van der Waals surface area contributed by atoms with Crippen molar-refractivity contribution < 1.29 is 13.2 Å². The number of hydrogen-bond donors (Lipinski definition) is 1. The van der Waals surface area contributed by atoms with E-state index in [0.29, 0.717) is 0 Å². The van der Waals surface area contributed by atoms with Gasteiger partial charge in [-0.15, -0.1) is 0 Å². The molecule has 0 amide bonds. The molecule has 1 unspecified atom stereocenters. The van der Waals surface area contributed by atoms with Gasteiger partial charge in [0.25, 0.3) is 0 Å². The molecule has 15 heavy (non-hydrogen) atoms. The first-order valence-corrected chi connectivity index (χ1v) is 7.33. The number of rotatable bonds is 2.